The Morgan fingerprint density at radius 1 is 1.27 bits per heavy atom. The third kappa shape index (κ3) is 5.04. The van der Waals surface area contributed by atoms with Crippen LogP contribution in [0.1, 0.15) is 39.2 Å². The van der Waals surface area contributed by atoms with Crippen LogP contribution < -0.4 is 0 Å². The maximum atomic E-state index is 4.32. The van der Waals surface area contributed by atoms with Gasteiger partial charge in [0.25, 0.3) is 0 Å². The molecule has 0 spiro atoms. The minimum Gasteiger partial charge on any atom is -0.481 e. The van der Waals surface area contributed by atoms with Gasteiger partial charge >= 0.3 is 0 Å². The zero-order valence-electron chi connectivity index (χ0n) is 9.91. The van der Waals surface area contributed by atoms with Crippen molar-refractivity contribution in [3.63, 3.8) is 0 Å². The average molecular weight is 276 g/mol. The largest absolute Gasteiger partial charge is 0.481 e. The molecular weight excluding hydrogens is 259 g/mol. The molecule has 0 saturated carbocycles. The van der Waals surface area contributed by atoms with Gasteiger partial charge in [-0.3, -0.25) is 6.07 Å². The van der Waals surface area contributed by atoms with Crippen molar-refractivity contribution in [1.29, 1.82) is 0 Å². The van der Waals surface area contributed by atoms with Crippen LogP contribution in [-0.4, -0.2) is 6.21 Å². The Morgan fingerprint density at radius 2 is 1.93 bits per heavy atom. The molecule has 0 saturated heterocycles. The van der Waals surface area contributed by atoms with E-state index in [2.05, 4.69) is 51.0 Å². The first-order valence-electron chi connectivity index (χ1n) is 5.08. The second-order valence-electron chi connectivity index (χ2n) is 4.02. The van der Waals surface area contributed by atoms with Crippen molar-refractivity contribution in [3.8, 4) is 0 Å². The van der Waals surface area contributed by atoms with Gasteiger partial charge in [-0.1, -0.05) is 39.5 Å². The molecule has 0 amide bonds. The maximum absolute atomic E-state index is 4.32. The van der Waals surface area contributed by atoms with Crippen LogP contribution in [0.25, 0.3) is 0 Å². The summed E-state index contributed by atoms with van der Waals surface area (Å²) in [6.45, 7) is 8.47. The fraction of sp³-hybridized carbons (Fsp3) is 0.462. The molecule has 0 atom stereocenters. The van der Waals surface area contributed by atoms with E-state index in [-0.39, 0.29) is 32.7 Å². The second kappa shape index (κ2) is 7.30. The first-order chi connectivity index (χ1) is 6.61. The smallest absolute Gasteiger partial charge is 0 e. The van der Waals surface area contributed by atoms with Crippen molar-refractivity contribution in [1.82, 2.24) is 0 Å². The normalized spacial score (nSPS) is 11.1. The Balaban J connectivity index is 0.00000196. The van der Waals surface area contributed by atoms with E-state index in [4.69, 9.17) is 0 Å². The molecule has 0 N–H and O–H groups in total. The van der Waals surface area contributed by atoms with Crippen LogP contribution >= 0.6 is 0 Å². The molecule has 0 aliphatic carbocycles. The monoisotopic (exact) mass is 276 g/mol. The predicted octanol–water partition coefficient (Wildman–Crippen LogP) is 3.84. The van der Waals surface area contributed by atoms with E-state index in [0.29, 0.717) is 11.8 Å². The summed E-state index contributed by atoms with van der Waals surface area (Å²) in [5, 5.41) is 0. The van der Waals surface area contributed by atoms with E-state index in [9.17, 15) is 0 Å². The predicted molar refractivity (Wildman–Crippen MR) is 61.3 cm³/mol. The first-order valence-corrected chi connectivity index (χ1v) is 5.08. The van der Waals surface area contributed by atoms with Crippen LogP contribution in [0, 0.1) is 12.0 Å². The fourth-order valence-corrected chi connectivity index (χ4v) is 1.20. The molecule has 0 aliphatic heterocycles. The van der Waals surface area contributed by atoms with E-state index in [1.54, 1.807) is 0 Å². The zero-order valence-corrected chi connectivity index (χ0v) is 12.7. The summed E-state index contributed by atoms with van der Waals surface area (Å²) in [6.07, 6.45) is 3.05. The van der Waals surface area contributed by atoms with Gasteiger partial charge in [-0.05, 0) is 0 Å². The van der Waals surface area contributed by atoms with Gasteiger partial charge in [0.15, 0.2) is 0 Å². The molecule has 1 rings (SSSR count). The van der Waals surface area contributed by atoms with Gasteiger partial charge in [0, 0.05) is 32.7 Å². The molecule has 79 valence electrons. The van der Waals surface area contributed by atoms with Gasteiger partial charge in [-0.2, -0.15) is 24.4 Å². The zero-order chi connectivity index (χ0) is 10.6. The molecule has 15 heavy (non-hydrogen) atoms. The van der Waals surface area contributed by atoms with Gasteiger partial charge in [0.2, 0.25) is 0 Å². The molecule has 0 aromatic heterocycles. The molecule has 0 heterocycles. The standard InChI is InChI=1S/C13H17N.Y/c1-10(2)9-14-13-8-6-5-7-12(13)11(3)4;/h5-7,10-11H,1-4H3;/q-2;. The SMILES string of the molecule is CC(C)[C-]=Nc1[c-]cccc1C(C)C.[Y]. The quantitative estimate of drug-likeness (QED) is 0.587. The van der Waals surface area contributed by atoms with Crippen molar-refractivity contribution in [2.45, 2.75) is 33.6 Å². The summed E-state index contributed by atoms with van der Waals surface area (Å²) in [5.41, 5.74) is 2.16. The third-order valence-electron chi connectivity index (χ3n) is 1.92. The van der Waals surface area contributed by atoms with E-state index >= 15 is 0 Å². The third-order valence-corrected chi connectivity index (χ3v) is 1.92. The molecular formula is C13H17NY-2. The molecule has 0 fully saturated rings. The first kappa shape index (κ1) is 15.0. The Labute approximate surface area is 118 Å². The average Bonchev–Trinajstić information content (AvgIpc) is 2.15. The molecule has 1 aromatic carbocycles. The van der Waals surface area contributed by atoms with Gasteiger partial charge in [-0.25, -0.2) is 11.3 Å². The molecule has 1 radical (unpaired) electrons. The Morgan fingerprint density at radius 3 is 2.47 bits per heavy atom. The van der Waals surface area contributed by atoms with Gasteiger partial charge in [-0.15, -0.1) is 0 Å². The summed E-state index contributed by atoms with van der Waals surface area (Å²) >= 11 is 0. The van der Waals surface area contributed by atoms with Crippen LogP contribution in [-0.2, 0) is 32.7 Å². The second-order valence-corrected chi connectivity index (χ2v) is 4.02. The minimum absolute atomic E-state index is 0. The van der Waals surface area contributed by atoms with Crippen molar-refractivity contribution < 1.29 is 32.7 Å². The number of hydrogen-bond acceptors (Lipinski definition) is 1. The van der Waals surface area contributed by atoms with E-state index in [1.807, 2.05) is 12.1 Å². The summed E-state index contributed by atoms with van der Waals surface area (Å²) in [5.74, 6) is 0.851. The molecule has 2 heteroatoms. The number of nitrogens with zero attached hydrogens (tertiary/aromatic N) is 1. The maximum Gasteiger partial charge on any atom is 0 e. The van der Waals surface area contributed by atoms with Crippen molar-refractivity contribution >= 4 is 11.9 Å². The van der Waals surface area contributed by atoms with Crippen LogP contribution in [0.2, 0.25) is 0 Å². The summed E-state index contributed by atoms with van der Waals surface area (Å²) in [7, 11) is 0. The summed E-state index contributed by atoms with van der Waals surface area (Å²) < 4.78 is 0. The number of para-hydroxylation sites is 1. The van der Waals surface area contributed by atoms with Crippen LogP contribution in [0.3, 0.4) is 0 Å². The topological polar surface area (TPSA) is 12.4 Å². The van der Waals surface area contributed by atoms with Gasteiger partial charge in [0.05, 0.1) is 0 Å². The molecule has 1 nitrogen and oxygen atoms in total. The number of rotatable bonds is 3. The summed E-state index contributed by atoms with van der Waals surface area (Å²) in [4.78, 5) is 4.32. The number of benzene rings is 1. The molecule has 0 aliphatic rings. The van der Waals surface area contributed by atoms with Crippen LogP contribution in [0.4, 0.5) is 5.69 Å². The fourth-order valence-electron chi connectivity index (χ4n) is 1.20. The Hall–Kier alpha value is -0.00610. The number of hydrogen-bond donors (Lipinski definition) is 0. The van der Waals surface area contributed by atoms with Gasteiger partial charge < -0.3 is 4.99 Å². The number of aliphatic imine (C=N–C) groups is 1. The Bertz CT molecular complexity index is 316. The van der Waals surface area contributed by atoms with E-state index in [0.717, 1.165) is 5.69 Å². The molecule has 0 bridgehead atoms. The van der Waals surface area contributed by atoms with E-state index in [1.165, 1.54) is 5.56 Å². The van der Waals surface area contributed by atoms with Gasteiger partial charge in [0.1, 0.15) is 0 Å². The van der Waals surface area contributed by atoms with E-state index < -0.39 is 0 Å². The Kier molecular flexibility index (Phi) is 7.29. The van der Waals surface area contributed by atoms with Crippen LogP contribution in [0.15, 0.2) is 23.2 Å². The molecule has 1 aromatic rings. The van der Waals surface area contributed by atoms with Crippen molar-refractivity contribution in [2.75, 3.05) is 0 Å². The van der Waals surface area contributed by atoms with Crippen LogP contribution in [0.5, 0.6) is 0 Å². The van der Waals surface area contributed by atoms with Crippen molar-refractivity contribution in [2.24, 2.45) is 10.9 Å². The van der Waals surface area contributed by atoms with Crippen molar-refractivity contribution in [3.05, 3.63) is 29.8 Å². The molecule has 0 unspecified atom stereocenters. The summed E-state index contributed by atoms with van der Waals surface area (Å²) in [6, 6.07) is 9.14. The minimum atomic E-state index is 0.